The second-order valence-corrected chi connectivity index (χ2v) is 6.79. The van der Waals surface area contributed by atoms with Crippen LogP contribution in [-0.4, -0.2) is 16.0 Å². The maximum absolute atomic E-state index is 12.0. The molecule has 1 atom stereocenters. The van der Waals surface area contributed by atoms with Crippen molar-refractivity contribution in [3.63, 3.8) is 0 Å². The first-order valence-corrected chi connectivity index (χ1v) is 8.13. The molecule has 0 aliphatic heterocycles. The van der Waals surface area contributed by atoms with Crippen LogP contribution in [-0.2, 0) is 4.79 Å². The monoisotopic (exact) mass is 335 g/mol. The van der Waals surface area contributed by atoms with Gasteiger partial charge in [0.05, 0.1) is 0 Å². The van der Waals surface area contributed by atoms with Gasteiger partial charge in [-0.25, -0.2) is 0 Å². The molecule has 6 heteroatoms. The number of rotatable bonds is 6. The summed E-state index contributed by atoms with van der Waals surface area (Å²) in [5.41, 5.74) is 0.820. The van der Waals surface area contributed by atoms with Crippen LogP contribution in [0.4, 0.5) is 0 Å². The third-order valence-electron chi connectivity index (χ3n) is 3.39. The van der Waals surface area contributed by atoms with Crippen LogP contribution in [0.1, 0.15) is 46.0 Å². The normalized spacial score (nSPS) is 12.7. The van der Waals surface area contributed by atoms with Crippen LogP contribution in [0.3, 0.4) is 0 Å². The predicted molar refractivity (Wildman–Crippen MR) is 89.9 cm³/mol. The SMILES string of the molecule is CC(C)CC(=O)N[C@@H](c1nc(-c2ccc(Cl)cc2)no1)C(C)C. The van der Waals surface area contributed by atoms with Crippen molar-refractivity contribution < 1.29 is 9.32 Å². The Hall–Kier alpha value is -1.88. The Bertz CT molecular complexity index is 650. The fourth-order valence-electron chi connectivity index (χ4n) is 2.19. The number of carbonyl (C=O) groups is 1. The first-order chi connectivity index (χ1) is 10.9. The van der Waals surface area contributed by atoms with Gasteiger partial charge in [0.2, 0.25) is 17.6 Å². The number of nitrogens with zero attached hydrogens (tertiary/aromatic N) is 2. The lowest BCUT2D eigenvalue weighted by Crippen LogP contribution is -2.32. The van der Waals surface area contributed by atoms with Gasteiger partial charge in [0.15, 0.2) is 0 Å². The lowest BCUT2D eigenvalue weighted by Gasteiger charge is -2.19. The Morgan fingerprint density at radius 1 is 1.22 bits per heavy atom. The molecular weight excluding hydrogens is 314 g/mol. The highest BCUT2D eigenvalue weighted by molar-refractivity contribution is 6.30. The summed E-state index contributed by atoms with van der Waals surface area (Å²) in [5, 5.41) is 7.64. The zero-order chi connectivity index (χ0) is 17.0. The molecule has 5 nitrogen and oxygen atoms in total. The molecule has 1 N–H and O–H groups in total. The Morgan fingerprint density at radius 3 is 2.43 bits per heavy atom. The standard InChI is InChI=1S/C17H22ClN3O2/c1-10(2)9-14(22)19-15(11(3)4)17-20-16(21-23-17)12-5-7-13(18)8-6-12/h5-8,10-11,15H,9H2,1-4H3,(H,19,22)/t15-/m1/s1. The average Bonchev–Trinajstić information content (AvgIpc) is 2.94. The molecule has 0 aliphatic rings. The van der Waals surface area contributed by atoms with Crippen molar-refractivity contribution in [1.82, 2.24) is 15.5 Å². The molecule has 0 aliphatic carbocycles. The van der Waals surface area contributed by atoms with Crippen LogP contribution in [0.5, 0.6) is 0 Å². The van der Waals surface area contributed by atoms with Gasteiger partial charge >= 0.3 is 0 Å². The average molecular weight is 336 g/mol. The van der Waals surface area contributed by atoms with Gasteiger partial charge < -0.3 is 9.84 Å². The van der Waals surface area contributed by atoms with Crippen LogP contribution < -0.4 is 5.32 Å². The number of hydrogen-bond acceptors (Lipinski definition) is 4. The molecule has 1 heterocycles. The summed E-state index contributed by atoms with van der Waals surface area (Å²) < 4.78 is 5.37. The van der Waals surface area contributed by atoms with Crippen molar-refractivity contribution in [2.75, 3.05) is 0 Å². The van der Waals surface area contributed by atoms with E-state index in [4.69, 9.17) is 16.1 Å². The Labute approximate surface area is 141 Å². The maximum Gasteiger partial charge on any atom is 0.249 e. The minimum absolute atomic E-state index is 0.00931. The highest BCUT2D eigenvalue weighted by Gasteiger charge is 2.25. The van der Waals surface area contributed by atoms with E-state index in [2.05, 4.69) is 15.5 Å². The van der Waals surface area contributed by atoms with Gasteiger partial charge in [0, 0.05) is 17.0 Å². The number of halogens is 1. The van der Waals surface area contributed by atoms with Crippen molar-refractivity contribution in [1.29, 1.82) is 0 Å². The van der Waals surface area contributed by atoms with Crippen LogP contribution in [0.2, 0.25) is 5.02 Å². The van der Waals surface area contributed by atoms with Gasteiger partial charge in [-0.3, -0.25) is 4.79 Å². The number of amides is 1. The van der Waals surface area contributed by atoms with E-state index in [1.165, 1.54) is 0 Å². The van der Waals surface area contributed by atoms with Gasteiger partial charge in [-0.05, 0) is 36.1 Å². The molecule has 2 aromatic rings. The van der Waals surface area contributed by atoms with Crippen molar-refractivity contribution >= 4 is 17.5 Å². The minimum atomic E-state index is -0.296. The Balaban J connectivity index is 2.17. The Morgan fingerprint density at radius 2 is 1.87 bits per heavy atom. The summed E-state index contributed by atoms with van der Waals surface area (Å²) in [6, 6.07) is 6.92. The molecule has 2 rings (SSSR count). The highest BCUT2D eigenvalue weighted by atomic mass is 35.5. The third kappa shape index (κ3) is 4.79. The second kappa shape index (κ2) is 7.59. The van der Waals surface area contributed by atoms with E-state index in [1.807, 2.05) is 39.8 Å². The molecule has 0 spiro atoms. The van der Waals surface area contributed by atoms with E-state index in [1.54, 1.807) is 12.1 Å². The van der Waals surface area contributed by atoms with Crippen molar-refractivity contribution in [2.45, 2.75) is 40.2 Å². The van der Waals surface area contributed by atoms with Gasteiger partial charge in [-0.1, -0.05) is 44.5 Å². The number of carbonyl (C=O) groups excluding carboxylic acids is 1. The smallest absolute Gasteiger partial charge is 0.249 e. The highest BCUT2D eigenvalue weighted by Crippen LogP contribution is 2.24. The Kier molecular flexibility index (Phi) is 5.77. The van der Waals surface area contributed by atoms with Gasteiger partial charge in [-0.15, -0.1) is 0 Å². The maximum atomic E-state index is 12.0. The molecule has 0 fully saturated rings. The van der Waals surface area contributed by atoms with Crippen LogP contribution in [0.15, 0.2) is 28.8 Å². The van der Waals surface area contributed by atoms with Crippen LogP contribution >= 0.6 is 11.6 Å². The van der Waals surface area contributed by atoms with Crippen LogP contribution in [0.25, 0.3) is 11.4 Å². The van der Waals surface area contributed by atoms with E-state index >= 15 is 0 Å². The number of nitrogens with one attached hydrogen (secondary N) is 1. The summed E-state index contributed by atoms with van der Waals surface area (Å²) in [5.74, 6) is 1.34. The molecule has 0 bridgehead atoms. The van der Waals surface area contributed by atoms with E-state index in [-0.39, 0.29) is 17.9 Å². The quantitative estimate of drug-likeness (QED) is 0.856. The molecule has 0 unspecified atom stereocenters. The van der Waals surface area contributed by atoms with Crippen molar-refractivity contribution in [3.8, 4) is 11.4 Å². The lowest BCUT2D eigenvalue weighted by atomic mass is 10.0. The largest absolute Gasteiger partial charge is 0.344 e. The fourth-order valence-corrected chi connectivity index (χ4v) is 2.32. The topological polar surface area (TPSA) is 68.0 Å². The molecule has 1 aromatic carbocycles. The number of benzene rings is 1. The summed E-state index contributed by atoms with van der Waals surface area (Å²) in [6.07, 6.45) is 0.474. The molecule has 124 valence electrons. The van der Waals surface area contributed by atoms with E-state index < -0.39 is 0 Å². The van der Waals surface area contributed by atoms with Gasteiger partial charge in [-0.2, -0.15) is 4.98 Å². The zero-order valence-corrected chi connectivity index (χ0v) is 14.6. The summed E-state index contributed by atoms with van der Waals surface area (Å²) in [4.78, 5) is 16.5. The van der Waals surface area contributed by atoms with Crippen molar-refractivity contribution in [3.05, 3.63) is 35.2 Å². The fraction of sp³-hybridized carbons (Fsp3) is 0.471. The molecular formula is C17H22ClN3O2. The number of aromatic nitrogens is 2. The summed E-state index contributed by atoms with van der Waals surface area (Å²) in [6.45, 7) is 8.03. The van der Waals surface area contributed by atoms with Crippen molar-refractivity contribution in [2.24, 2.45) is 11.8 Å². The number of hydrogen-bond donors (Lipinski definition) is 1. The van der Waals surface area contributed by atoms with Gasteiger partial charge in [0.1, 0.15) is 6.04 Å². The van der Waals surface area contributed by atoms with E-state index in [0.717, 1.165) is 5.56 Å². The first kappa shape index (κ1) is 17.5. The first-order valence-electron chi connectivity index (χ1n) is 7.75. The third-order valence-corrected chi connectivity index (χ3v) is 3.64. The molecule has 1 amide bonds. The minimum Gasteiger partial charge on any atom is -0.344 e. The lowest BCUT2D eigenvalue weighted by molar-refractivity contribution is -0.123. The van der Waals surface area contributed by atoms with Crippen LogP contribution in [0, 0.1) is 11.8 Å². The van der Waals surface area contributed by atoms with E-state index in [9.17, 15) is 4.79 Å². The van der Waals surface area contributed by atoms with E-state index in [0.29, 0.717) is 29.1 Å². The molecule has 23 heavy (non-hydrogen) atoms. The van der Waals surface area contributed by atoms with Gasteiger partial charge in [0.25, 0.3) is 0 Å². The zero-order valence-electron chi connectivity index (χ0n) is 13.8. The summed E-state index contributed by atoms with van der Waals surface area (Å²) in [7, 11) is 0. The molecule has 0 radical (unpaired) electrons. The second-order valence-electron chi connectivity index (χ2n) is 6.35. The predicted octanol–water partition coefficient (Wildman–Crippen LogP) is 4.25. The molecule has 0 saturated carbocycles. The molecule has 0 saturated heterocycles. The summed E-state index contributed by atoms with van der Waals surface area (Å²) >= 11 is 5.88. The molecule has 1 aromatic heterocycles.